The van der Waals surface area contributed by atoms with Crippen LogP contribution in [0.15, 0.2) is 30.3 Å². The van der Waals surface area contributed by atoms with E-state index in [-0.39, 0.29) is 0 Å². The van der Waals surface area contributed by atoms with Crippen molar-refractivity contribution in [2.75, 3.05) is 15.8 Å². The lowest BCUT2D eigenvalue weighted by molar-refractivity contribution is 0.511. The van der Waals surface area contributed by atoms with E-state index >= 15 is 0 Å². The molecule has 0 bridgehead atoms. The van der Waals surface area contributed by atoms with Crippen molar-refractivity contribution in [2.24, 2.45) is 0 Å². The Bertz CT molecular complexity index is 479. The minimum atomic E-state index is -1.32. The Morgan fingerprint density at radius 2 is 1.41 bits per heavy atom. The van der Waals surface area contributed by atoms with Crippen LogP contribution in [0, 0.1) is 0 Å². The van der Waals surface area contributed by atoms with Crippen molar-refractivity contribution in [1.29, 1.82) is 0 Å². The molecule has 2 aliphatic rings. The highest BCUT2D eigenvalue weighted by Crippen LogP contribution is 2.55. The number of hydrogen-bond acceptors (Lipinski definition) is 1. The zero-order chi connectivity index (χ0) is 15.8. The summed E-state index contributed by atoms with van der Waals surface area (Å²) in [7, 11) is -2.34. The van der Waals surface area contributed by atoms with Crippen molar-refractivity contribution in [3.8, 4) is 0 Å². The lowest BCUT2D eigenvalue weighted by Gasteiger charge is -2.57. The van der Waals surface area contributed by atoms with Gasteiger partial charge in [-0.3, -0.25) is 0 Å². The molecular formula is C18H32NPSi2. The number of para-hydroxylation sites is 1. The molecule has 1 saturated carbocycles. The molecule has 0 aromatic heterocycles. The first-order valence-corrected chi connectivity index (χ1v) is 17.1. The van der Waals surface area contributed by atoms with Crippen LogP contribution in [0.2, 0.25) is 26.2 Å². The fourth-order valence-electron chi connectivity index (χ4n) is 4.99. The molecule has 4 heteroatoms. The monoisotopic (exact) mass is 349 g/mol. The average Bonchev–Trinajstić information content (AvgIpc) is 2.47. The zero-order valence-electron chi connectivity index (χ0n) is 14.8. The highest BCUT2D eigenvalue weighted by atomic mass is 31.1. The molecule has 122 valence electrons. The minimum Gasteiger partial charge on any atom is -0.424 e. The molecule has 1 saturated heterocycles. The van der Waals surface area contributed by atoms with Gasteiger partial charge in [-0.15, -0.1) is 7.92 Å². The quantitative estimate of drug-likeness (QED) is 0.481. The van der Waals surface area contributed by atoms with Gasteiger partial charge in [0.05, 0.1) is 0 Å². The van der Waals surface area contributed by atoms with Crippen LogP contribution in [0.4, 0.5) is 5.69 Å². The molecular weight excluding hydrogens is 317 g/mol. The SMILES string of the molecule is C[Si]1(C)CP(C2CCCCC2)C[Si](C)(C)N1c1ccccc1. The third-order valence-electron chi connectivity index (χ3n) is 5.50. The third-order valence-corrected chi connectivity index (χ3v) is 23.1. The second-order valence-electron chi connectivity index (χ2n) is 8.49. The molecule has 1 aliphatic carbocycles. The summed E-state index contributed by atoms with van der Waals surface area (Å²) >= 11 is 0. The van der Waals surface area contributed by atoms with E-state index in [1.54, 1.807) is 24.4 Å². The molecule has 0 atom stereocenters. The Morgan fingerprint density at radius 3 is 1.95 bits per heavy atom. The zero-order valence-corrected chi connectivity index (χ0v) is 17.7. The highest BCUT2D eigenvalue weighted by molar-refractivity contribution is 7.65. The smallest absolute Gasteiger partial charge is 0.145 e. The highest BCUT2D eigenvalue weighted by Gasteiger charge is 2.49. The Kier molecular flexibility index (Phi) is 4.88. The predicted molar refractivity (Wildman–Crippen MR) is 107 cm³/mol. The molecule has 0 unspecified atom stereocenters. The Labute approximate surface area is 140 Å². The molecule has 0 spiro atoms. The van der Waals surface area contributed by atoms with Crippen LogP contribution >= 0.6 is 7.92 Å². The van der Waals surface area contributed by atoms with E-state index in [2.05, 4.69) is 60.8 Å². The summed E-state index contributed by atoms with van der Waals surface area (Å²) in [6.45, 7) is 10.6. The van der Waals surface area contributed by atoms with Crippen LogP contribution in [0.1, 0.15) is 32.1 Å². The van der Waals surface area contributed by atoms with Crippen LogP contribution in [0.3, 0.4) is 0 Å². The van der Waals surface area contributed by atoms with Crippen molar-refractivity contribution in [1.82, 2.24) is 0 Å². The van der Waals surface area contributed by atoms with Crippen molar-refractivity contribution in [3.63, 3.8) is 0 Å². The standard InChI is InChI=1S/C18H32NPSi2/c1-21(2)15-20(18-13-9-6-10-14-18)16-22(3,4)19(21)17-11-7-5-8-12-17/h5,7-8,11-12,18H,6,9-10,13-16H2,1-4H3. The fourth-order valence-corrected chi connectivity index (χ4v) is 28.2. The summed E-state index contributed by atoms with van der Waals surface area (Å²) < 4.78 is 2.99. The van der Waals surface area contributed by atoms with Gasteiger partial charge < -0.3 is 4.23 Å². The summed E-state index contributed by atoms with van der Waals surface area (Å²) in [5, 5.41) is 0. The van der Waals surface area contributed by atoms with Gasteiger partial charge in [0.25, 0.3) is 0 Å². The van der Waals surface area contributed by atoms with E-state index < -0.39 is 16.5 Å². The van der Waals surface area contributed by atoms with Crippen molar-refractivity contribution >= 4 is 30.1 Å². The average molecular weight is 350 g/mol. The van der Waals surface area contributed by atoms with Crippen LogP contribution in [0.5, 0.6) is 0 Å². The molecule has 1 aliphatic heterocycles. The van der Waals surface area contributed by atoms with Gasteiger partial charge in [-0.05, 0) is 42.2 Å². The lowest BCUT2D eigenvalue weighted by Crippen LogP contribution is -2.69. The topological polar surface area (TPSA) is 3.24 Å². The Balaban J connectivity index is 1.86. The first kappa shape index (κ1) is 16.7. The summed E-state index contributed by atoms with van der Waals surface area (Å²) in [6.07, 6.45) is 7.61. The van der Waals surface area contributed by atoms with Gasteiger partial charge in [-0.2, -0.15) is 0 Å². The summed E-state index contributed by atoms with van der Waals surface area (Å²) in [6, 6.07) is 11.3. The van der Waals surface area contributed by atoms with Gasteiger partial charge >= 0.3 is 0 Å². The summed E-state index contributed by atoms with van der Waals surface area (Å²) in [5.41, 5.74) is 2.63. The second kappa shape index (κ2) is 6.41. The second-order valence-corrected chi connectivity index (χ2v) is 21.5. The number of rotatable bonds is 2. The summed E-state index contributed by atoms with van der Waals surface area (Å²) in [4.78, 5) is 0. The minimum absolute atomic E-state index is 0.299. The van der Waals surface area contributed by atoms with E-state index in [1.807, 2.05) is 0 Å². The van der Waals surface area contributed by atoms with Gasteiger partial charge in [0, 0.05) is 5.69 Å². The number of anilines is 1. The molecule has 1 aromatic rings. The molecule has 22 heavy (non-hydrogen) atoms. The largest absolute Gasteiger partial charge is 0.424 e. The van der Waals surface area contributed by atoms with Gasteiger partial charge in [0.2, 0.25) is 0 Å². The van der Waals surface area contributed by atoms with Crippen LogP contribution in [-0.4, -0.2) is 33.7 Å². The maximum Gasteiger partial charge on any atom is 0.145 e. The third kappa shape index (κ3) is 3.37. The Morgan fingerprint density at radius 1 is 0.864 bits per heavy atom. The van der Waals surface area contributed by atoms with Crippen LogP contribution in [-0.2, 0) is 0 Å². The number of nitrogens with zero attached hydrogens (tertiary/aromatic N) is 1. The number of hydrogen-bond donors (Lipinski definition) is 0. The van der Waals surface area contributed by atoms with Crippen LogP contribution < -0.4 is 4.23 Å². The molecule has 0 radical (unpaired) electrons. The molecule has 1 aromatic carbocycles. The van der Waals surface area contributed by atoms with Crippen LogP contribution in [0.25, 0.3) is 0 Å². The van der Waals surface area contributed by atoms with E-state index in [1.165, 1.54) is 24.9 Å². The Hall–Kier alpha value is -0.116. The first-order chi connectivity index (χ1) is 10.4. The van der Waals surface area contributed by atoms with Crippen molar-refractivity contribution in [2.45, 2.75) is 64.0 Å². The maximum absolute atomic E-state index is 2.99. The molecule has 0 N–H and O–H groups in total. The van der Waals surface area contributed by atoms with Gasteiger partial charge in [0.15, 0.2) is 0 Å². The molecule has 0 amide bonds. The predicted octanol–water partition coefficient (Wildman–Crippen LogP) is 5.81. The van der Waals surface area contributed by atoms with E-state index in [0.717, 1.165) is 5.66 Å². The molecule has 3 rings (SSSR count). The van der Waals surface area contributed by atoms with Crippen molar-refractivity contribution in [3.05, 3.63) is 30.3 Å². The van der Waals surface area contributed by atoms with E-state index in [0.29, 0.717) is 7.92 Å². The molecule has 2 fully saturated rings. The van der Waals surface area contributed by atoms with Gasteiger partial charge in [0.1, 0.15) is 16.5 Å². The maximum atomic E-state index is 2.99. The van der Waals surface area contributed by atoms with E-state index in [4.69, 9.17) is 0 Å². The molecule has 1 heterocycles. The number of benzene rings is 1. The van der Waals surface area contributed by atoms with Gasteiger partial charge in [-0.25, -0.2) is 0 Å². The van der Waals surface area contributed by atoms with E-state index in [9.17, 15) is 0 Å². The lowest BCUT2D eigenvalue weighted by atomic mass is 10.0. The normalized spacial score (nSPS) is 26.1. The fraction of sp³-hybridized carbons (Fsp3) is 0.667. The summed E-state index contributed by atoms with van der Waals surface area (Å²) in [5.74, 6) is 3.16. The van der Waals surface area contributed by atoms with Gasteiger partial charge in [-0.1, -0.05) is 63.6 Å². The molecule has 1 nitrogen and oxygen atoms in total. The first-order valence-electron chi connectivity index (χ1n) is 9.00. The van der Waals surface area contributed by atoms with Crippen molar-refractivity contribution < 1.29 is 0 Å².